The summed E-state index contributed by atoms with van der Waals surface area (Å²) in [5, 5.41) is 2.89. The fourth-order valence-corrected chi connectivity index (χ4v) is 2.26. The lowest BCUT2D eigenvalue weighted by Crippen LogP contribution is -2.34. The average molecular weight is 286 g/mol. The van der Waals surface area contributed by atoms with Gasteiger partial charge in [0.15, 0.2) is 0 Å². The summed E-state index contributed by atoms with van der Waals surface area (Å²) in [5.74, 6) is -0.731. The van der Waals surface area contributed by atoms with Gasteiger partial charge in [-0.2, -0.15) is 0 Å². The van der Waals surface area contributed by atoms with Crippen LogP contribution in [0.2, 0.25) is 0 Å². The normalized spacial score (nSPS) is 12.0. The molecule has 0 bridgehead atoms. The molecule has 110 valence electrons. The van der Waals surface area contributed by atoms with Crippen LogP contribution in [0.4, 0.5) is 10.1 Å². The average Bonchev–Trinajstić information content (AvgIpc) is 2.41. The fourth-order valence-electron chi connectivity index (χ4n) is 2.26. The Hall–Kier alpha value is -2.36. The smallest absolute Gasteiger partial charge is 0.253 e. The first-order valence-corrected chi connectivity index (χ1v) is 6.87. The molecule has 0 aromatic heterocycles. The van der Waals surface area contributed by atoms with Crippen molar-refractivity contribution in [3.8, 4) is 0 Å². The molecule has 2 aromatic carbocycles. The number of rotatable bonds is 4. The van der Waals surface area contributed by atoms with E-state index in [1.165, 1.54) is 23.3 Å². The number of aryl methyl sites for hydroxylation is 1. The van der Waals surface area contributed by atoms with E-state index in [0.29, 0.717) is 5.56 Å². The van der Waals surface area contributed by atoms with Crippen LogP contribution in [0.1, 0.15) is 28.4 Å². The molecule has 0 heterocycles. The Kier molecular flexibility index (Phi) is 4.58. The van der Waals surface area contributed by atoms with E-state index >= 15 is 0 Å². The number of carbonyl (C=O) groups is 1. The Bertz CT molecular complexity index is 655. The molecule has 0 aliphatic rings. The number of nitrogens with one attached hydrogen (secondary N) is 1. The van der Waals surface area contributed by atoms with Crippen molar-refractivity contribution in [1.82, 2.24) is 5.32 Å². The minimum atomic E-state index is -0.447. The molecule has 21 heavy (non-hydrogen) atoms. The van der Waals surface area contributed by atoms with Gasteiger partial charge in [0, 0.05) is 11.7 Å². The highest BCUT2D eigenvalue weighted by Gasteiger charge is 2.14. The molecule has 4 heteroatoms. The maximum atomic E-state index is 13.0. The van der Waals surface area contributed by atoms with E-state index in [9.17, 15) is 9.18 Å². The summed E-state index contributed by atoms with van der Waals surface area (Å²) in [6.07, 6.45) is 0.736. The number of carbonyl (C=O) groups excluding carboxylic acids is 1. The van der Waals surface area contributed by atoms with Gasteiger partial charge in [-0.15, -0.1) is 0 Å². The van der Waals surface area contributed by atoms with E-state index in [2.05, 4.69) is 5.32 Å². The van der Waals surface area contributed by atoms with Gasteiger partial charge in [0.05, 0.1) is 5.56 Å². The van der Waals surface area contributed by atoms with Crippen molar-refractivity contribution in [3.63, 3.8) is 0 Å². The summed E-state index contributed by atoms with van der Waals surface area (Å²) in [6, 6.07) is 11.8. The van der Waals surface area contributed by atoms with Crippen LogP contribution >= 0.6 is 0 Å². The quantitative estimate of drug-likeness (QED) is 0.849. The van der Waals surface area contributed by atoms with Crippen LogP contribution in [0, 0.1) is 12.7 Å². The van der Waals surface area contributed by atoms with Crippen LogP contribution in [0.15, 0.2) is 42.5 Å². The number of halogens is 1. The zero-order valence-electron chi connectivity index (χ0n) is 12.2. The van der Waals surface area contributed by atoms with Gasteiger partial charge in [-0.1, -0.05) is 24.3 Å². The van der Waals surface area contributed by atoms with Gasteiger partial charge in [-0.3, -0.25) is 4.79 Å². The predicted octanol–water partition coefficient (Wildman–Crippen LogP) is 3.08. The molecule has 1 atom stereocenters. The Morgan fingerprint density at radius 2 is 2.00 bits per heavy atom. The first-order valence-electron chi connectivity index (χ1n) is 6.87. The SMILES string of the molecule is Cc1ccccc1CC(C)NC(=O)c1ccc(F)cc1N. The van der Waals surface area contributed by atoms with Crippen LogP contribution in [0.5, 0.6) is 0 Å². The molecule has 2 rings (SSSR count). The second-order valence-corrected chi connectivity index (χ2v) is 5.24. The van der Waals surface area contributed by atoms with E-state index in [1.54, 1.807) is 0 Å². The molecule has 0 fully saturated rings. The lowest BCUT2D eigenvalue weighted by molar-refractivity contribution is 0.0941. The van der Waals surface area contributed by atoms with Crippen molar-refractivity contribution >= 4 is 11.6 Å². The van der Waals surface area contributed by atoms with Gasteiger partial charge >= 0.3 is 0 Å². The maximum Gasteiger partial charge on any atom is 0.253 e. The molecular weight excluding hydrogens is 267 g/mol. The zero-order chi connectivity index (χ0) is 15.4. The number of nitrogens with two attached hydrogens (primary N) is 1. The van der Waals surface area contributed by atoms with Gasteiger partial charge in [0.25, 0.3) is 5.91 Å². The molecular formula is C17H19FN2O. The molecule has 3 nitrogen and oxygen atoms in total. The second-order valence-electron chi connectivity index (χ2n) is 5.24. The number of hydrogen-bond acceptors (Lipinski definition) is 2. The van der Waals surface area contributed by atoms with E-state index < -0.39 is 5.82 Å². The summed E-state index contributed by atoms with van der Waals surface area (Å²) in [6.45, 7) is 3.98. The molecule has 3 N–H and O–H groups in total. The second kappa shape index (κ2) is 6.39. The minimum Gasteiger partial charge on any atom is -0.398 e. The van der Waals surface area contributed by atoms with Crippen LogP contribution < -0.4 is 11.1 Å². The van der Waals surface area contributed by atoms with Crippen molar-refractivity contribution < 1.29 is 9.18 Å². The predicted molar refractivity (Wildman–Crippen MR) is 82.6 cm³/mol. The number of anilines is 1. The molecule has 0 saturated heterocycles. The largest absolute Gasteiger partial charge is 0.398 e. The van der Waals surface area contributed by atoms with E-state index in [0.717, 1.165) is 12.5 Å². The topological polar surface area (TPSA) is 55.1 Å². The number of hydrogen-bond donors (Lipinski definition) is 2. The fraction of sp³-hybridized carbons (Fsp3) is 0.235. The lowest BCUT2D eigenvalue weighted by Gasteiger charge is -2.16. The van der Waals surface area contributed by atoms with Crippen LogP contribution in [0.3, 0.4) is 0 Å². The van der Waals surface area contributed by atoms with Gasteiger partial charge < -0.3 is 11.1 Å². The number of benzene rings is 2. The van der Waals surface area contributed by atoms with Gasteiger partial charge in [0.2, 0.25) is 0 Å². The molecule has 0 spiro atoms. The first-order chi connectivity index (χ1) is 9.97. The Morgan fingerprint density at radius 1 is 1.29 bits per heavy atom. The molecule has 0 saturated carbocycles. The van der Waals surface area contributed by atoms with Gasteiger partial charge in [-0.25, -0.2) is 4.39 Å². The molecule has 0 aliphatic heterocycles. The van der Waals surface area contributed by atoms with E-state index in [4.69, 9.17) is 5.73 Å². The molecule has 2 aromatic rings. The van der Waals surface area contributed by atoms with E-state index in [-0.39, 0.29) is 17.6 Å². The van der Waals surface area contributed by atoms with Gasteiger partial charge in [0.1, 0.15) is 5.82 Å². The highest BCUT2D eigenvalue weighted by Crippen LogP contribution is 2.14. The third-order valence-corrected chi connectivity index (χ3v) is 3.42. The third kappa shape index (κ3) is 3.81. The van der Waals surface area contributed by atoms with Crippen LogP contribution in [0.25, 0.3) is 0 Å². The Labute approximate surface area is 124 Å². The summed E-state index contributed by atoms with van der Waals surface area (Å²) in [4.78, 5) is 12.1. The highest BCUT2D eigenvalue weighted by molar-refractivity contribution is 5.99. The summed E-state index contributed by atoms with van der Waals surface area (Å²) >= 11 is 0. The summed E-state index contributed by atoms with van der Waals surface area (Å²) in [5.41, 5.74) is 8.51. The number of nitrogen functional groups attached to an aromatic ring is 1. The van der Waals surface area contributed by atoms with Crippen LogP contribution in [-0.4, -0.2) is 11.9 Å². The molecule has 0 radical (unpaired) electrons. The number of amides is 1. The van der Waals surface area contributed by atoms with Crippen molar-refractivity contribution in [2.75, 3.05) is 5.73 Å². The Balaban J connectivity index is 2.04. The third-order valence-electron chi connectivity index (χ3n) is 3.42. The first kappa shape index (κ1) is 15.0. The van der Waals surface area contributed by atoms with Crippen molar-refractivity contribution in [2.24, 2.45) is 0 Å². The maximum absolute atomic E-state index is 13.0. The molecule has 1 unspecified atom stereocenters. The Morgan fingerprint density at radius 3 is 2.67 bits per heavy atom. The van der Waals surface area contributed by atoms with Gasteiger partial charge in [-0.05, 0) is 49.6 Å². The van der Waals surface area contributed by atoms with Crippen molar-refractivity contribution in [1.29, 1.82) is 0 Å². The van der Waals surface area contributed by atoms with Crippen molar-refractivity contribution in [2.45, 2.75) is 26.3 Å². The summed E-state index contributed by atoms with van der Waals surface area (Å²) in [7, 11) is 0. The minimum absolute atomic E-state index is 0.0388. The molecule has 1 amide bonds. The van der Waals surface area contributed by atoms with Crippen molar-refractivity contribution in [3.05, 3.63) is 65.0 Å². The monoisotopic (exact) mass is 286 g/mol. The highest BCUT2D eigenvalue weighted by atomic mass is 19.1. The van der Waals surface area contributed by atoms with Crippen LogP contribution in [-0.2, 0) is 6.42 Å². The summed E-state index contributed by atoms with van der Waals surface area (Å²) < 4.78 is 13.0. The zero-order valence-corrected chi connectivity index (χ0v) is 12.2. The standard InChI is InChI=1S/C17H19FN2O/c1-11-5-3-4-6-13(11)9-12(2)20-17(21)15-8-7-14(18)10-16(15)19/h3-8,10,12H,9,19H2,1-2H3,(H,20,21). The molecule has 0 aliphatic carbocycles. The van der Waals surface area contributed by atoms with E-state index in [1.807, 2.05) is 38.1 Å². The lowest BCUT2D eigenvalue weighted by atomic mass is 10.0.